The monoisotopic (exact) mass is 400 g/mol. The predicted octanol–water partition coefficient (Wildman–Crippen LogP) is 3.84. The van der Waals surface area contributed by atoms with Gasteiger partial charge in [0.05, 0.1) is 0 Å². The van der Waals surface area contributed by atoms with Crippen LogP contribution in [0.1, 0.15) is 38.3 Å². The molecular weight excluding hydrogens is 371 g/mol. The number of para-hydroxylation sites is 1. The Hall–Kier alpha value is -2.89. The second kappa shape index (κ2) is 10.6. The van der Waals surface area contributed by atoms with Gasteiger partial charge in [-0.1, -0.05) is 43.3 Å². The molecule has 0 aliphatic heterocycles. The van der Waals surface area contributed by atoms with Gasteiger partial charge < -0.3 is 15.0 Å². The van der Waals surface area contributed by atoms with Crippen molar-refractivity contribution in [1.29, 1.82) is 0 Å². The van der Waals surface area contributed by atoms with Gasteiger partial charge in [-0.3, -0.25) is 9.59 Å². The van der Waals surface area contributed by atoms with Crippen LogP contribution in [-0.2, 0) is 16.1 Å². The fourth-order valence-electron chi connectivity index (χ4n) is 2.80. The number of hydrogen-bond acceptors (Lipinski definition) is 3. The average Bonchev–Trinajstić information content (AvgIpc) is 2.71. The van der Waals surface area contributed by atoms with Crippen LogP contribution in [0.2, 0.25) is 0 Å². The Morgan fingerprint density at radius 1 is 1.10 bits per heavy atom. The molecule has 0 fully saturated rings. The Bertz CT molecular complexity index is 840. The molecule has 2 aromatic rings. The Labute approximate surface area is 171 Å². The number of carbonyl (C=O) groups excluding carboxylic acids is 2. The second-order valence-corrected chi connectivity index (χ2v) is 7.16. The summed E-state index contributed by atoms with van der Waals surface area (Å²) < 4.78 is 19.8. The molecule has 2 aromatic carbocycles. The molecule has 0 radical (unpaired) electrons. The summed E-state index contributed by atoms with van der Waals surface area (Å²) in [6, 6.07) is 12.8. The number of ether oxygens (including phenoxy) is 1. The lowest BCUT2D eigenvalue weighted by molar-refractivity contribution is -0.142. The lowest BCUT2D eigenvalue weighted by Crippen LogP contribution is -2.50. The first-order valence-electron chi connectivity index (χ1n) is 9.85. The fourth-order valence-corrected chi connectivity index (χ4v) is 2.80. The standard InChI is InChI=1S/C23H29FN2O3/c1-5-17(3)25-23(28)18(4)26(14-19-11-7-8-12-20(19)24)22(27)15-29-21-13-9-6-10-16(21)2/h6-13,17-18H,5,14-15H2,1-4H3,(H,25,28)/t17-,18+/m1/s1. The van der Waals surface area contributed by atoms with E-state index in [0.29, 0.717) is 11.3 Å². The minimum atomic E-state index is -0.767. The lowest BCUT2D eigenvalue weighted by atomic mass is 10.1. The number of aryl methyl sites for hydroxylation is 1. The van der Waals surface area contributed by atoms with E-state index in [2.05, 4.69) is 5.32 Å². The van der Waals surface area contributed by atoms with Gasteiger partial charge in [-0.05, 0) is 44.9 Å². The zero-order chi connectivity index (χ0) is 21.4. The summed E-state index contributed by atoms with van der Waals surface area (Å²) >= 11 is 0. The normalized spacial score (nSPS) is 12.7. The first-order chi connectivity index (χ1) is 13.8. The Kier molecular flexibility index (Phi) is 8.19. The highest BCUT2D eigenvalue weighted by Crippen LogP contribution is 2.18. The van der Waals surface area contributed by atoms with Crippen LogP contribution in [0.15, 0.2) is 48.5 Å². The van der Waals surface area contributed by atoms with Crippen LogP contribution in [0.25, 0.3) is 0 Å². The molecule has 2 amide bonds. The SMILES string of the molecule is CC[C@@H](C)NC(=O)[C@H](C)N(Cc1ccccc1F)C(=O)COc1ccccc1C. The van der Waals surface area contributed by atoms with Crippen LogP contribution in [0, 0.1) is 12.7 Å². The van der Waals surface area contributed by atoms with Gasteiger partial charge in [0.2, 0.25) is 5.91 Å². The zero-order valence-electron chi connectivity index (χ0n) is 17.4. The summed E-state index contributed by atoms with van der Waals surface area (Å²) in [6.45, 7) is 7.14. The highest BCUT2D eigenvalue weighted by atomic mass is 19.1. The molecular formula is C23H29FN2O3. The summed E-state index contributed by atoms with van der Waals surface area (Å²) in [6.07, 6.45) is 0.774. The van der Waals surface area contributed by atoms with Gasteiger partial charge in [0.15, 0.2) is 6.61 Å². The van der Waals surface area contributed by atoms with Crippen molar-refractivity contribution in [1.82, 2.24) is 10.2 Å². The zero-order valence-corrected chi connectivity index (χ0v) is 17.4. The summed E-state index contributed by atoms with van der Waals surface area (Å²) in [5, 5.41) is 2.88. The van der Waals surface area contributed by atoms with Crippen LogP contribution in [-0.4, -0.2) is 35.4 Å². The van der Waals surface area contributed by atoms with Gasteiger partial charge in [-0.25, -0.2) is 4.39 Å². The molecule has 0 aliphatic carbocycles. The highest BCUT2D eigenvalue weighted by molar-refractivity contribution is 5.88. The Morgan fingerprint density at radius 2 is 1.76 bits per heavy atom. The van der Waals surface area contributed by atoms with Crippen LogP contribution in [0.4, 0.5) is 4.39 Å². The number of amides is 2. The molecule has 1 N–H and O–H groups in total. The smallest absolute Gasteiger partial charge is 0.261 e. The van der Waals surface area contributed by atoms with Crippen molar-refractivity contribution in [2.24, 2.45) is 0 Å². The van der Waals surface area contributed by atoms with Crippen molar-refractivity contribution in [2.45, 2.75) is 52.7 Å². The van der Waals surface area contributed by atoms with Gasteiger partial charge in [0.25, 0.3) is 5.91 Å². The van der Waals surface area contributed by atoms with E-state index in [1.165, 1.54) is 11.0 Å². The molecule has 0 bridgehead atoms. The lowest BCUT2D eigenvalue weighted by Gasteiger charge is -2.29. The molecule has 2 atom stereocenters. The largest absolute Gasteiger partial charge is 0.484 e. The van der Waals surface area contributed by atoms with Crippen molar-refractivity contribution in [3.05, 3.63) is 65.5 Å². The number of nitrogens with zero attached hydrogens (tertiary/aromatic N) is 1. The Balaban J connectivity index is 2.18. The minimum Gasteiger partial charge on any atom is -0.484 e. The molecule has 6 heteroatoms. The number of benzene rings is 2. The van der Waals surface area contributed by atoms with E-state index in [4.69, 9.17) is 4.74 Å². The van der Waals surface area contributed by atoms with Crippen LogP contribution in [0.3, 0.4) is 0 Å². The van der Waals surface area contributed by atoms with Crippen LogP contribution >= 0.6 is 0 Å². The van der Waals surface area contributed by atoms with Crippen molar-refractivity contribution in [3.8, 4) is 5.75 Å². The van der Waals surface area contributed by atoms with Crippen LogP contribution in [0.5, 0.6) is 5.75 Å². The summed E-state index contributed by atoms with van der Waals surface area (Å²) in [4.78, 5) is 26.9. The fraction of sp³-hybridized carbons (Fsp3) is 0.391. The van der Waals surface area contributed by atoms with E-state index < -0.39 is 11.9 Å². The summed E-state index contributed by atoms with van der Waals surface area (Å²) in [5.41, 5.74) is 1.25. The second-order valence-electron chi connectivity index (χ2n) is 7.16. The van der Waals surface area contributed by atoms with E-state index in [1.807, 2.05) is 39.0 Å². The molecule has 5 nitrogen and oxygen atoms in total. The quantitative estimate of drug-likeness (QED) is 0.696. The molecule has 156 valence electrons. The molecule has 0 aromatic heterocycles. The van der Waals surface area contributed by atoms with Gasteiger partial charge >= 0.3 is 0 Å². The number of halogens is 1. The van der Waals surface area contributed by atoms with Gasteiger partial charge in [0, 0.05) is 18.2 Å². The number of hydrogen-bond donors (Lipinski definition) is 1. The van der Waals surface area contributed by atoms with E-state index >= 15 is 0 Å². The van der Waals surface area contributed by atoms with Crippen molar-refractivity contribution < 1.29 is 18.7 Å². The maximum Gasteiger partial charge on any atom is 0.261 e. The average molecular weight is 400 g/mol. The van der Waals surface area contributed by atoms with Gasteiger partial charge in [-0.15, -0.1) is 0 Å². The third-order valence-corrected chi connectivity index (χ3v) is 4.91. The third-order valence-electron chi connectivity index (χ3n) is 4.91. The predicted molar refractivity (Wildman–Crippen MR) is 111 cm³/mol. The van der Waals surface area contributed by atoms with Gasteiger partial charge in [0.1, 0.15) is 17.6 Å². The minimum absolute atomic E-state index is 0.0152. The molecule has 0 saturated heterocycles. The van der Waals surface area contributed by atoms with E-state index in [-0.39, 0.29) is 31.0 Å². The summed E-state index contributed by atoms with van der Waals surface area (Å²) in [7, 11) is 0. The first-order valence-corrected chi connectivity index (χ1v) is 9.85. The van der Waals surface area contributed by atoms with Crippen molar-refractivity contribution in [3.63, 3.8) is 0 Å². The molecule has 0 saturated carbocycles. The van der Waals surface area contributed by atoms with Crippen molar-refractivity contribution >= 4 is 11.8 Å². The molecule has 29 heavy (non-hydrogen) atoms. The maximum absolute atomic E-state index is 14.2. The molecule has 0 heterocycles. The van der Waals surface area contributed by atoms with Gasteiger partial charge in [-0.2, -0.15) is 0 Å². The maximum atomic E-state index is 14.2. The third kappa shape index (κ3) is 6.31. The molecule has 0 aliphatic rings. The van der Waals surface area contributed by atoms with E-state index in [0.717, 1.165) is 12.0 Å². The topological polar surface area (TPSA) is 58.6 Å². The molecule has 0 spiro atoms. The van der Waals surface area contributed by atoms with Crippen LogP contribution < -0.4 is 10.1 Å². The Morgan fingerprint density at radius 3 is 2.41 bits per heavy atom. The van der Waals surface area contributed by atoms with Crippen molar-refractivity contribution in [2.75, 3.05) is 6.61 Å². The molecule has 0 unspecified atom stereocenters. The number of carbonyl (C=O) groups is 2. The molecule has 2 rings (SSSR count). The van der Waals surface area contributed by atoms with E-state index in [9.17, 15) is 14.0 Å². The highest BCUT2D eigenvalue weighted by Gasteiger charge is 2.27. The first kappa shape index (κ1) is 22.4. The summed E-state index contributed by atoms with van der Waals surface area (Å²) in [5.74, 6) is -0.480. The van der Waals surface area contributed by atoms with E-state index in [1.54, 1.807) is 31.2 Å². The number of rotatable bonds is 9. The number of nitrogens with one attached hydrogen (secondary N) is 1.